The van der Waals surface area contributed by atoms with E-state index >= 15 is 0 Å². The minimum Gasteiger partial charge on any atom is -0.444 e. The van der Waals surface area contributed by atoms with Gasteiger partial charge in [0.2, 0.25) is 0 Å². The highest BCUT2D eigenvalue weighted by molar-refractivity contribution is 7.81. The molecule has 104 valence electrons. The van der Waals surface area contributed by atoms with Gasteiger partial charge in [-0.15, -0.1) is 0 Å². The van der Waals surface area contributed by atoms with E-state index in [0.717, 1.165) is 0 Å². The van der Waals surface area contributed by atoms with Gasteiger partial charge in [0.25, 0.3) is 0 Å². The average Bonchev–Trinajstić information content (AvgIpc) is 2.56. The second-order valence-electron chi connectivity index (χ2n) is 5.47. The fourth-order valence-corrected chi connectivity index (χ4v) is 2.85. The molecule has 0 aromatic carbocycles. The Kier molecular flexibility index (Phi) is 3.28. The maximum absolute atomic E-state index is 11.8. The SMILES string of the molecule is CC(C)(C)OC(=O)N1CC2COS(=O)(=O)OC2C1. The summed E-state index contributed by atoms with van der Waals surface area (Å²) in [4.78, 5) is 13.3. The van der Waals surface area contributed by atoms with Crippen LogP contribution >= 0.6 is 0 Å². The first-order valence-corrected chi connectivity index (χ1v) is 7.05. The predicted octanol–water partition coefficient (Wildman–Crippen LogP) is 0.514. The van der Waals surface area contributed by atoms with Gasteiger partial charge >= 0.3 is 16.5 Å². The Morgan fingerprint density at radius 2 is 2.00 bits per heavy atom. The Morgan fingerprint density at radius 1 is 1.33 bits per heavy atom. The van der Waals surface area contributed by atoms with Crippen molar-refractivity contribution in [1.29, 1.82) is 0 Å². The van der Waals surface area contributed by atoms with Crippen LogP contribution in [0.2, 0.25) is 0 Å². The van der Waals surface area contributed by atoms with E-state index in [1.54, 1.807) is 20.8 Å². The van der Waals surface area contributed by atoms with E-state index in [1.165, 1.54) is 4.90 Å². The molecule has 2 unspecified atom stereocenters. The molecule has 0 aliphatic carbocycles. The van der Waals surface area contributed by atoms with Crippen LogP contribution in [0, 0.1) is 5.92 Å². The van der Waals surface area contributed by atoms with Gasteiger partial charge < -0.3 is 9.64 Å². The topological polar surface area (TPSA) is 82.1 Å². The standard InChI is InChI=1S/C10H17NO6S/c1-10(2,3)16-9(12)11-4-7-6-15-18(13,14)17-8(7)5-11/h7-8H,4-6H2,1-3H3. The first-order valence-electron chi connectivity index (χ1n) is 5.72. The van der Waals surface area contributed by atoms with E-state index in [1.807, 2.05) is 0 Å². The van der Waals surface area contributed by atoms with Gasteiger partial charge in [-0.1, -0.05) is 0 Å². The van der Waals surface area contributed by atoms with Gasteiger partial charge in [-0.3, -0.25) is 0 Å². The molecule has 0 spiro atoms. The molecule has 18 heavy (non-hydrogen) atoms. The Balaban J connectivity index is 1.98. The number of rotatable bonds is 0. The second-order valence-corrected chi connectivity index (χ2v) is 6.72. The lowest BCUT2D eigenvalue weighted by Crippen LogP contribution is -2.36. The number of carbonyl (C=O) groups excluding carboxylic acids is 1. The summed E-state index contributed by atoms with van der Waals surface area (Å²) < 4.78 is 36.8. The van der Waals surface area contributed by atoms with Crippen LogP contribution in [0.25, 0.3) is 0 Å². The number of hydrogen-bond donors (Lipinski definition) is 0. The lowest BCUT2D eigenvalue weighted by Gasteiger charge is -2.24. The highest BCUT2D eigenvalue weighted by Gasteiger charge is 2.44. The molecule has 2 rings (SSSR count). The average molecular weight is 279 g/mol. The number of hydrogen-bond acceptors (Lipinski definition) is 6. The van der Waals surface area contributed by atoms with Crippen LogP contribution < -0.4 is 0 Å². The van der Waals surface area contributed by atoms with Gasteiger partial charge in [-0.05, 0) is 20.8 Å². The van der Waals surface area contributed by atoms with Crippen LogP contribution in [0.15, 0.2) is 0 Å². The Hall–Kier alpha value is -0.860. The van der Waals surface area contributed by atoms with Gasteiger partial charge in [-0.25, -0.2) is 13.2 Å². The number of ether oxygens (including phenoxy) is 1. The van der Waals surface area contributed by atoms with Crippen molar-refractivity contribution in [3.63, 3.8) is 0 Å². The molecule has 2 saturated heterocycles. The second kappa shape index (κ2) is 4.36. The minimum atomic E-state index is -3.90. The fraction of sp³-hybridized carbons (Fsp3) is 0.900. The molecule has 2 aliphatic heterocycles. The van der Waals surface area contributed by atoms with E-state index in [9.17, 15) is 13.2 Å². The summed E-state index contributed by atoms with van der Waals surface area (Å²) in [7, 11) is -3.90. The molecular weight excluding hydrogens is 262 g/mol. The van der Waals surface area contributed by atoms with Gasteiger partial charge in [0, 0.05) is 12.5 Å². The van der Waals surface area contributed by atoms with Crippen molar-refractivity contribution in [3.05, 3.63) is 0 Å². The Morgan fingerprint density at radius 3 is 2.61 bits per heavy atom. The molecule has 8 heteroatoms. The third-order valence-corrected chi connectivity index (χ3v) is 3.61. The molecular formula is C10H17NO6S. The van der Waals surface area contributed by atoms with Gasteiger partial charge in [-0.2, -0.15) is 8.42 Å². The van der Waals surface area contributed by atoms with Crippen LogP contribution in [0.1, 0.15) is 20.8 Å². The third-order valence-electron chi connectivity index (χ3n) is 2.70. The maximum atomic E-state index is 11.8. The van der Waals surface area contributed by atoms with E-state index in [4.69, 9.17) is 8.92 Å². The fourth-order valence-electron chi connectivity index (χ4n) is 1.94. The molecule has 7 nitrogen and oxygen atoms in total. The molecule has 2 fully saturated rings. The number of fused-ring (bicyclic) bond motifs is 1. The van der Waals surface area contributed by atoms with E-state index in [-0.39, 0.29) is 19.1 Å². The normalized spacial score (nSPS) is 30.9. The van der Waals surface area contributed by atoms with Gasteiger partial charge in [0.15, 0.2) is 0 Å². The number of nitrogens with zero attached hydrogens (tertiary/aromatic N) is 1. The number of amides is 1. The molecule has 0 radical (unpaired) electrons. The zero-order valence-corrected chi connectivity index (χ0v) is 11.4. The largest absolute Gasteiger partial charge is 0.444 e. The van der Waals surface area contributed by atoms with Crippen LogP contribution in [0.4, 0.5) is 4.79 Å². The zero-order valence-electron chi connectivity index (χ0n) is 10.6. The third kappa shape index (κ3) is 3.12. The van der Waals surface area contributed by atoms with Crippen molar-refractivity contribution < 1.29 is 26.3 Å². The minimum absolute atomic E-state index is 0.0479. The van der Waals surface area contributed by atoms with E-state index in [2.05, 4.69) is 4.18 Å². The number of likely N-dealkylation sites (tertiary alicyclic amines) is 1. The van der Waals surface area contributed by atoms with Crippen LogP contribution in [-0.4, -0.2) is 50.8 Å². The highest BCUT2D eigenvalue weighted by Crippen LogP contribution is 2.28. The predicted molar refractivity (Wildman–Crippen MR) is 61.0 cm³/mol. The van der Waals surface area contributed by atoms with Crippen molar-refractivity contribution in [2.24, 2.45) is 5.92 Å². The lowest BCUT2D eigenvalue weighted by atomic mass is 10.1. The Bertz CT molecular complexity index is 440. The lowest BCUT2D eigenvalue weighted by molar-refractivity contribution is 0.0274. The molecule has 0 aromatic rings. The van der Waals surface area contributed by atoms with Crippen molar-refractivity contribution in [1.82, 2.24) is 4.90 Å². The molecule has 2 atom stereocenters. The van der Waals surface area contributed by atoms with Crippen molar-refractivity contribution in [2.75, 3.05) is 19.7 Å². The summed E-state index contributed by atoms with van der Waals surface area (Å²) >= 11 is 0. The number of carbonyl (C=O) groups is 1. The van der Waals surface area contributed by atoms with E-state index < -0.39 is 28.2 Å². The highest BCUT2D eigenvalue weighted by atomic mass is 32.3. The summed E-state index contributed by atoms with van der Waals surface area (Å²) in [5, 5.41) is 0. The van der Waals surface area contributed by atoms with Crippen LogP contribution in [0.3, 0.4) is 0 Å². The van der Waals surface area contributed by atoms with Crippen LogP contribution in [0.5, 0.6) is 0 Å². The first kappa shape index (κ1) is 13.6. The first-order chi connectivity index (χ1) is 8.16. The van der Waals surface area contributed by atoms with Crippen molar-refractivity contribution in [2.45, 2.75) is 32.5 Å². The summed E-state index contributed by atoms with van der Waals surface area (Å²) in [5.41, 5.74) is -0.575. The summed E-state index contributed by atoms with van der Waals surface area (Å²) in [6.45, 7) is 5.97. The van der Waals surface area contributed by atoms with E-state index in [0.29, 0.717) is 6.54 Å². The quantitative estimate of drug-likeness (QED) is 0.642. The van der Waals surface area contributed by atoms with Gasteiger partial charge in [0.05, 0.1) is 13.2 Å². The van der Waals surface area contributed by atoms with Crippen molar-refractivity contribution >= 4 is 16.5 Å². The van der Waals surface area contributed by atoms with Gasteiger partial charge in [0.1, 0.15) is 11.7 Å². The molecule has 0 N–H and O–H groups in total. The monoisotopic (exact) mass is 279 g/mol. The van der Waals surface area contributed by atoms with Crippen LogP contribution in [-0.2, 0) is 23.5 Å². The molecule has 2 heterocycles. The molecule has 0 saturated carbocycles. The zero-order chi connectivity index (χ0) is 13.6. The summed E-state index contributed by atoms with van der Waals surface area (Å²) in [5.74, 6) is -0.124. The molecule has 1 amide bonds. The maximum Gasteiger partial charge on any atom is 0.410 e. The molecule has 0 aromatic heterocycles. The Labute approximate surface area is 106 Å². The molecule has 0 bridgehead atoms. The molecule has 2 aliphatic rings. The summed E-state index contributed by atoms with van der Waals surface area (Å²) in [6.07, 6.45) is -0.992. The smallest absolute Gasteiger partial charge is 0.410 e. The summed E-state index contributed by atoms with van der Waals surface area (Å²) in [6, 6.07) is 0. The van der Waals surface area contributed by atoms with Crippen molar-refractivity contribution in [3.8, 4) is 0 Å².